The van der Waals surface area contributed by atoms with Crippen molar-refractivity contribution in [1.29, 1.82) is 0 Å². The van der Waals surface area contributed by atoms with Crippen LogP contribution in [0.4, 0.5) is 0 Å². The van der Waals surface area contributed by atoms with E-state index in [-0.39, 0.29) is 12.6 Å². The van der Waals surface area contributed by atoms with Crippen molar-refractivity contribution < 1.29 is 4.79 Å². The van der Waals surface area contributed by atoms with Crippen molar-refractivity contribution in [1.82, 2.24) is 10.2 Å². The monoisotopic (exact) mass is 326 g/mol. The minimum atomic E-state index is -0.0741. The van der Waals surface area contributed by atoms with Crippen LogP contribution in [0.5, 0.6) is 0 Å². The van der Waals surface area contributed by atoms with Crippen LogP contribution in [0.15, 0.2) is 91.1 Å². The molecule has 4 heteroatoms. The van der Waals surface area contributed by atoms with Crippen molar-refractivity contribution in [2.45, 2.75) is 6.92 Å². The fourth-order valence-electron chi connectivity index (χ4n) is 2.72. The summed E-state index contributed by atoms with van der Waals surface area (Å²) in [5, 5.41) is 3.51. The number of nitrogens with one attached hydrogen (secondary N) is 1. The Bertz CT molecular complexity index is 809. The Hall–Kier alpha value is -3.14. The van der Waals surface area contributed by atoms with Crippen LogP contribution in [0, 0.1) is 0 Å². The number of carbonyl (C=O) groups is 1. The number of nitrogens with zero attached hydrogens (tertiary/aromatic N) is 1. The predicted octanol–water partition coefficient (Wildman–Crippen LogP) is 2.41. The summed E-state index contributed by atoms with van der Waals surface area (Å²) < 4.78 is 0. The van der Waals surface area contributed by atoms with Crippen LogP contribution in [0.2, 0.25) is 0 Å². The maximum absolute atomic E-state index is 11.7. The van der Waals surface area contributed by atoms with Gasteiger partial charge in [-0.15, -0.1) is 0 Å². The molecule has 0 saturated heterocycles. The Labute approximate surface area is 148 Å². The summed E-state index contributed by atoms with van der Waals surface area (Å²) in [7, 11) is 0. The first-order chi connectivity index (χ1) is 12.2. The van der Waals surface area contributed by atoms with Crippen LogP contribution in [-0.4, -0.2) is 17.6 Å². The van der Waals surface area contributed by atoms with E-state index in [9.17, 15) is 4.79 Å². The van der Waals surface area contributed by atoms with Crippen molar-refractivity contribution >= 4 is 29.3 Å². The lowest BCUT2D eigenvalue weighted by molar-refractivity contribution is -0.112. The number of hydrogen-bond acceptors (Lipinski definition) is 3. The van der Waals surface area contributed by atoms with Crippen molar-refractivity contribution in [3.63, 3.8) is 0 Å². The third-order valence-electron chi connectivity index (χ3n) is 3.85. The van der Waals surface area contributed by atoms with E-state index in [0.717, 1.165) is 16.6 Å². The Morgan fingerprint density at radius 1 is 0.880 bits per heavy atom. The van der Waals surface area contributed by atoms with Crippen molar-refractivity contribution in [3.05, 3.63) is 96.8 Å². The number of carbonyl (C=O) groups excluding carboxylic acids is 1. The van der Waals surface area contributed by atoms with Gasteiger partial charge in [0.15, 0.2) is 5.78 Å². The van der Waals surface area contributed by atoms with Gasteiger partial charge in [-0.05, 0) is 19.1 Å². The van der Waals surface area contributed by atoms with Gasteiger partial charge in [0.2, 0.25) is 0 Å². The van der Waals surface area contributed by atoms with E-state index in [4.69, 9.17) is 0 Å². The summed E-state index contributed by atoms with van der Waals surface area (Å²) >= 11 is 0. The van der Waals surface area contributed by atoms with Gasteiger partial charge >= 0.3 is 6.85 Å². The quantitative estimate of drug-likeness (QED) is 0.559. The van der Waals surface area contributed by atoms with E-state index in [1.54, 1.807) is 19.2 Å². The Morgan fingerprint density at radius 3 is 1.92 bits per heavy atom. The van der Waals surface area contributed by atoms with Gasteiger partial charge in [0.25, 0.3) is 0 Å². The molecule has 0 fully saturated rings. The molecular weight excluding hydrogens is 307 g/mol. The molecule has 0 bridgehead atoms. The maximum Gasteiger partial charge on any atom is 0.320 e. The van der Waals surface area contributed by atoms with Crippen LogP contribution in [-0.2, 0) is 4.79 Å². The van der Waals surface area contributed by atoms with E-state index in [1.165, 1.54) is 0 Å². The zero-order valence-electron chi connectivity index (χ0n) is 14.1. The smallest absolute Gasteiger partial charge is 0.320 e. The van der Waals surface area contributed by atoms with E-state index in [0.29, 0.717) is 5.70 Å². The van der Waals surface area contributed by atoms with Crippen molar-refractivity contribution in [3.8, 4) is 0 Å². The highest BCUT2D eigenvalue weighted by Gasteiger charge is 2.21. The van der Waals surface area contributed by atoms with Crippen LogP contribution in [0.25, 0.3) is 5.70 Å². The number of pyridine rings is 1. The Kier molecular flexibility index (Phi) is 5.42. The zero-order valence-corrected chi connectivity index (χ0v) is 14.1. The molecule has 0 saturated carbocycles. The van der Waals surface area contributed by atoms with Gasteiger partial charge < -0.3 is 5.23 Å². The fourth-order valence-corrected chi connectivity index (χ4v) is 2.72. The molecular formula is C21H19BN2O. The average Bonchev–Trinajstić information content (AvgIpc) is 2.67. The molecule has 0 radical (unpaired) electrons. The normalized spacial score (nSPS) is 11.0. The molecule has 1 aromatic heterocycles. The number of hydrogen-bond donors (Lipinski definition) is 1. The van der Waals surface area contributed by atoms with Crippen LogP contribution in [0.1, 0.15) is 12.6 Å². The first kappa shape index (κ1) is 16.7. The minimum Gasteiger partial charge on any atom is -0.418 e. The number of rotatable bonds is 6. The number of allylic oxidation sites excluding steroid dienone is 1. The Balaban J connectivity index is 2.02. The predicted molar refractivity (Wildman–Crippen MR) is 104 cm³/mol. The van der Waals surface area contributed by atoms with Crippen LogP contribution in [0.3, 0.4) is 0 Å². The number of benzene rings is 2. The summed E-state index contributed by atoms with van der Waals surface area (Å²) in [5.41, 5.74) is 3.71. The standard InChI is InChI=1S/C21H19BN2O/c1-17(25)16-21(20-14-8-9-15-23-20)24-22(18-10-4-2-5-11-18)19-12-6-3-7-13-19/h2-16,24H,1H3/b21-16-. The van der Waals surface area contributed by atoms with E-state index >= 15 is 0 Å². The second-order valence-electron chi connectivity index (χ2n) is 5.78. The molecule has 0 aliphatic carbocycles. The van der Waals surface area contributed by atoms with Crippen LogP contribution < -0.4 is 16.2 Å². The molecule has 0 spiro atoms. The third kappa shape index (κ3) is 4.45. The molecule has 3 rings (SSSR count). The lowest BCUT2D eigenvalue weighted by Gasteiger charge is -2.19. The Morgan fingerprint density at radius 2 is 1.44 bits per heavy atom. The van der Waals surface area contributed by atoms with Gasteiger partial charge in [-0.1, -0.05) is 77.7 Å². The van der Waals surface area contributed by atoms with Gasteiger partial charge in [0.05, 0.1) is 11.4 Å². The van der Waals surface area contributed by atoms with Gasteiger partial charge in [0, 0.05) is 12.3 Å². The molecule has 3 nitrogen and oxygen atoms in total. The molecule has 0 atom stereocenters. The summed E-state index contributed by atoms with van der Waals surface area (Å²) in [5.74, 6) is -0.0203. The highest BCUT2D eigenvalue weighted by atomic mass is 16.1. The number of ketones is 1. The summed E-state index contributed by atoms with van der Waals surface area (Å²) in [6.07, 6.45) is 3.33. The van der Waals surface area contributed by atoms with Crippen molar-refractivity contribution in [2.24, 2.45) is 0 Å². The number of aromatic nitrogens is 1. The average molecular weight is 326 g/mol. The summed E-state index contributed by atoms with van der Waals surface area (Å²) in [6.45, 7) is 1.47. The molecule has 25 heavy (non-hydrogen) atoms. The van der Waals surface area contributed by atoms with E-state index in [1.807, 2.05) is 54.6 Å². The van der Waals surface area contributed by atoms with E-state index in [2.05, 4.69) is 34.5 Å². The second kappa shape index (κ2) is 8.11. The SMILES string of the molecule is CC(=O)/C=C(\NB(c1ccccc1)c1ccccc1)c1ccccn1. The molecule has 122 valence electrons. The molecule has 0 unspecified atom stereocenters. The molecule has 0 aliphatic rings. The molecule has 0 amide bonds. The highest BCUT2D eigenvalue weighted by molar-refractivity contribution is 6.84. The van der Waals surface area contributed by atoms with E-state index < -0.39 is 0 Å². The van der Waals surface area contributed by atoms with Gasteiger partial charge in [-0.25, -0.2) is 0 Å². The van der Waals surface area contributed by atoms with Crippen LogP contribution >= 0.6 is 0 Å². The highest BCUT2D eigenvalue weighted by Crippen LogP contribution is 2.09. The topological polar surface area (TPSA) is 42.0 Å². The maximum atomic E-state index is 11.7. The molecule has 3 aromatic rings. The van der Waals surface area contributed by atoms with Crippen molar-refractivity contribution in [2.75, 3.05) is 0 Å². The summed E-state index contributed by atoms with van der Waals surface area (Å²) in [6, 6.07) is 26.0. The summed E-state index contributed by atoms with van der Waals surface area (Å²) in [4.78, 5) is 16.1. The first-order valence-electron chi connectivity index (χ1n) is 8.24. The molecule has 0 aliphatic heterocycles. The lowest BCUT2D eigenvalue weighted by atomic mass is 9.50. The molecule has 1 N–H and O–H groups in total. The molecule has 2 aromatic carbocycles. The molecule has 1 heterocycles. The zero-order chi connectivity index (χ0) is 17.5. The van der Waals surface area contributed by atoms with Gasteiger partial charge in [0.1, 0.15) is 0 Å². The first-order valence-corrected chi connectivity index (χ1v) is 8.24. The minimum absolute atomic E-state index is 0.0203. The largest absolute Gasteiger partial charge is 0.418 e. The van der Waals surface area contributed by atoms with Gasteiger partial charge in [-0.3, -0.25) is 9.78 Å². The van der Waals surface area contributed by atoms with Gasteiger partial charge in [-0.2, -0.15) is 0 Å². The fraction of sp³-hybridized carbons (Fsp3) is 0.0476. The third-order valence-corrected chi connectivity index (χ3v) is 3.85. The second-order valence-corrected chi connectivity index (χ2v) is 5.78. The lowest BCUT2D eigenvalue weighted by Crippen LogP contribution is -2.53.